The highest BCUT2D eigenvalue weighted by molar-refractivity contribution is 5.98. The fraction of sp³-hybridized carbons (Fsp3) is 0.333. The second-order valence-corrected chi connectivity index (χ2v) is 4.67. The Hall–Kier alpha value is -2.70. The van der Waals surface area contributed by atoms with Gasteiger partial charge in [0, 0.05) is 17.3 Å². The van der Waals surface area contributed by atoms with Gasteiger partial charge in [-0.25, -0.2) is 4.79 Å². The number of hydrogen-bond donors (Lipinski definition) is 2. The lowest BCUT2D eigenvalue weighted by Gasteiger charge is -2.28. The maximum atomic E-state index is 12.3. The van der Waals surface area contributed by atoms with Gasteiger partial charge in [-0.3, -0.25) is 4.79 Å². The molecule has 1 amide bonds. The molecule has 0 fully saturated rings. The smallest absolute Gasteiger partial charge is 0.356 e. The van der Waals surface area contributed by atoms with Gasteiger partial charge < -0.3 is 24.8 Å². The van der Waals surface area contributed by atoms with Gasteiger partial charge in [-0.1, -0.05) is 0 Å². The highest BCUT2D eigenvalue weighted by Gasteiger charge is 2.32. The van der Waals surface area contributed by atoms with Crippen molar-refractivity contribution in [1.29, 1.82) is 0 Å². The second kappa shape index (κ2) is 6.38. The van der Waals surface area contributed by atoms with Gasteiger partial charge >= 0.3 is 5.97 Å². The highest BCUT2D eigenvalue weighted by Crippen LogP contribution is 2.31. The molecule has 2 rings (SSSR count). The number of benzene rings is 1. The Morgan fingerprint density at radius 1 is 1.18 bits per heavy atom. The number of carbonyl (C=O) groups is 2. The molecule has 1 heterocycles. The summed E-state index contributed by atoms with van der Waals surface area (Å²) in [6.07, 6.45) is 0. The first-order valence-electron chi connectivity index (χ1n) is 6.60. The molecule has 2 N–H and O–H groups in total. The summed E-state index contributed by atoms with van der Waals surface area (Å²) in [7, 11) is 4.32. The van der Waals surface area contributed by atoms with E-state index >= 15 is 0 Å². The van der Waals surface area contributed by atoms with Crippen LogP contribution in [0.4, 0.5) is 0 Å². The van der Waals surface area contributed by atoms with Gasteiger partial charge in [-0.05, 0) is 19.1 Å². The molecule has 0 saturated carbocycles. The van der Waals surface area contributed by atoms with Crippen LogP contribution in [0.1, 0.15) is 18.5 Å². The van der Waals surface area contributed by atoms with E-state index in [0.29, 0.717) is 22.8 Å². The van der Waals surface area contributed by atoms with E-state index in [1.165, 1.54) is 14.2 Å². The van der Waals surface area contributed by atoms with Crippen LogP contribution >= 0.6 is 0 Å². The molecule has 1 aliphatic rings. The molecule has 0 spiro atoms. The summed E-state index contributed by atoms with van der Waals surface area (Å²) in [5.41, 5.74) is 1.27. The number of methoxy groups -OCH3 is 3. The molecule has 0 aromatic heterocycles. The summed E-state index contributed by atoms with van der Waals surface area (Å²) >= 11 is 0. The number of ether oxygens (including phenoxy) is 3. The Bertz CT molecular complexity index is 639. The zero-order valence-electron chi connectivity index (χ0n) is 12.9. The van der Waals surface area contributed by atoms with Crippen molar-refractivity contribution in [2.24, 2.45) is 0 Å². The van der Waals surface area contributed by atoms with Crippen LogP contribution in [0, 0.1) is 0 Å². The minimum Gasteiger partial charge on any atom is -0.497 e. The van der Waals surface area contributed by atoms with E-state index in [9.17, 15) is 9.59 Å². The van der Waals surface area contributed by atoms with Gasteiger partial charge in [0.05, 0.1) is 21.3 Å². The third-order valence-electron chi connectivity index (χ3n) is 3.39. The van der Waals surface area contributed by atoms with E-state index in [0.717, 1.165) is 0 Å². The molecule has 1 aromatic rings. The number of carbonyl (C=O) groups excluding carboxylic acids is 2. The Morgan fingerprint density at radius 2 is 1.91 bits per heavy atom. The largest absolute Gasteiger partial charge is 0.497 e. The zero-order chi connectivity index (χ0) is 16.3. The SMILES string of the molecule is COC(=O)C1=C(C)NC(c2ccc(OC)cc2OC)C(=O)N1. The third-order valence-corrected chi connectivity index (χ3v) is 3.39. The maximum absolute atomic E-state index is 12.3. The number of nitrogens with one attached hydrogen (secondary N) is 2. The summed E-state index contributed by atoms with van der Waals surface area (Å²) in [5, 5.41) is 5.57. The van der Waals surface area contributed by atoms with Crippen molar-refractivity contribution >= 4 is 11.9 Å². The van der Waals surface area contributed by atoms with Crippen LogP contribution < -0.4 is 20.1 Å². The number of esters is 1. The van der Waals surface area contributed by atoms with Crippen LogP contribution in [-0.2, 0) is 14.3 Å². The minimum atomic E-state index is -0.672. The van der Waals surface area contributed by atoms with Crippen molar-refractivity contribution in [3.8, 4) is 11.5 Å². The zero-order valence-corrected chi connectivity index (χ0v) is 12.9. The molecule has 1 unspecified atom stereocenters. The Balaban J connectivity index is 2.37. The normalized spacial score (nSPS) is 17.5. The van der Waals surface area contributed by atoms with Gasteiger partial charge in [-0.2, -0.15) is 0 Å². The van der Waals surface area contributed by atoms with Gasteiger partial charge in [0.15, 0.2) is 0 Å². The minimum absolute atomic E-state index is 0.108. The van der Waals surface area contributed by atoms with Crippen molar-refractivity contribution < 1.29 is 23.8 Å². The molecule has 7 heteroatoms. The fourth-order valence-electron chi connectivity index (χ4n) is 2.23. The summed E-state index contributed by atoms with van der Waals surface area (Å²) in [6, 6.07) is 4.50. The van der Waals surface area contributed by atoms with Crippen molar-refractivity contribution in [2.75, 3.05) is 21.3 Å². The molecule has 1 aromatic carbocycles. The van der Waals surface area contributed by atoms with E-state index in [-0.39, 0.29) is 11.6 Å². The molecular formula is C15H18N2O5. The summed E-state index contributed by atoms with van der Waals surface area (Å²) in [5.74, 6) is 0.175. The van der Waals surface area contributed by atoms with Crippen LogP contribution in [0.3, 0.4) is 0 Å². The van der Waals surface area contributed by atoms with E-state index < -0.39 is 12.0 Å². The monoisotopic (exact) mass is 306 g/mol. The molecule has 0 saturated heterocycles. The Morgan fingerprint density at radius 3 is 2.50 bits per heavy atom. The molecule has 22 heavy (non-hydrogen) atoms. The molecular weight excluding hydrogens is 288 g/mol. The lowest BCUT2D eigenvalue weighted by Crippen LogP contribution is -2.45. The highest BCUT2D eigenvalue weighted by atomic mass is 16.5. The fourth-order valence-corrected chi connectivity index (χ4v) is 2.23. The standard InChI is InChI=1S/C15H18N2O5/c1-8-12(15(19)22-4)17-14(18)13(16-8)10-6-5-9(20-2)7-11(10)21-3/h5-7,13,16H,1-4H3,(H,17,18). The third kappa shape index (κ3) is 2.83. The number of amides is 1. The first kappa shape index (κ1) is 15.7. The lowest BCUT2D eigenvalue weighted by atomic mass is 10.0. The first-order valence-corrected chi connectivity index (χ1v) is 6.60. The van der Waals surface area contributed by atoms with Crippen molar-refractivity contribution in [2.45, 2.75) is 13.0 Å². The molecule has 7 nitrogen and oxygen atoms in total. The van der Waals surface area contributed by atoms with Crippen LogP contribution in [0.2, 0.25) is 0 Å². The van der Waals surface area contributed by atoms with Crippen LogP contribution in [-0.4, -0.2) is 33.2 Å². The van der Waals surface area contributed by atoms with Gasteiger partial charge in [0.2, 0.25) is 0 Å². The van der Waals surface area contributed by atoms with Crippen LogP contribution in [0.25, 0.3) is 0 Å². The first-order chi connectivity index (χ1) is 10.5. The molecule has 0 aliphatic carbocycles. The predicted molar refractivity (Wildman–Crippen MR) is 78.3 cm³/mol. The van der Waals surface area contributed by atoms with Gasteiger partial charge in [-0.15, -0.1) is 0 Å². The molecule has 0 radical (unpaired) electrons. The quantitative estimate of drug-likeness (QED) is 0.803. The van der Waals surface area contributed by atoms with Crippen molar-refractivity contribution in [1.82, 2.24) is 10.6 Å². The van der Waals surface area contributed by atoms with Crippen molar-refractivity contribution in [3.05, 3.63) is 35.2 Å². The molecule has 118 valence electrons. The van der Waals surface area contributed by atoms with E-state index in [4.69, 9.17) is 9.47 Å². The lowest BCUT2D eigenvalue weighted by molar-refractivity contribution is -0.138. The molecule has 1 aliphatic heterocycles. The number of rotatable bonds is 4. The Labute approximate surface area is 128 Å². The van der Waals surface area contributed by atoms with E-state index in [2.05, 4.69) is 15.4 Å². The van der Waals surface area contributed by atoms with Gasteiger partial charge in [0.1, 0.15) is 23.2 Å². The Kier molecular flexibility index (Phi) is 4.55. The summed E-state index contributed by atoms with van der Waals surface area (Å²) in [4.78, 5) is 23.9. The van der Waals surface area contributed by atoms with E-state index in [1.54, 1.807) is 32.2 Å². The van der Waals surface area contributed by atoms with Gasteiger partial charge in [0.25, 0.3) is 5.91 Å². The average Bonchev–Trinajstić information content (AvgIpc) is 2.55. The summed E-state index contributed by atoms with van der Waals surface area (Å²) in [6.45, 7) is 1.69. The van der Waals surface area contributed by atoms with Crippen LogP contribution in [0.15, 0.2) is 29.6 Å². The molecule has 0 bridgehead atoms. The second-order valence-electron chi connectivity index (χ2n) is 4.67. The molecule has 1 atom stereocenters. The van der Waals surface area contributed by atoms with E-state index in [1.807, 2.05) is 0 Å². The number of allylic oxidation sites excluding steroid dienone is 1. The topological polar surface area (TPSA) is 85.9 Å². The predicted octanol–water partition coefficient (Wildman–Crippen LogP) is 0.869. The summed E-state index contributed by atoms with van der Waals surface area (Å²) < 4.78 is 15.1. The average molecular weight is 306 g/mol. The van der Waals surface area contributed by atoms with Crippen LogP contribution in [0.5, 0.6) is 11.5 Å². The van der Waals surface area contributed by atoms with Crippen molar-refractivity contribution in [3.63, 3.8) is 0 Å². The maximum Gasteiger partial charge on any atom is 0.356 e. The number of hydrogen-bond acceptors (Lipinski definition) is 6.